The minimum Gasteiger partial charge on any atom is -0.407 e. The fourth-order valence-corrected chi connectivity index (χ4v) is 3.10. The third-order valence-electron chi connectivity index (χ3n) is 2.88. The van der Waals surface area contributed by atoms with Gasteiger partial charge in [-0.25, -0.2) is 0 Å². The minimum atomic E-state index is 0.423. The first-order chi connectivity index (χ1) is 8.74. The van der Waals surface area contributed by atoms with Gasteiger partial charge in [0.25, 0.3) is 0 Å². The van der Waals surface area contributed by atoms with Crippen LogP contribution in [-0.2, 0) is 6.54 Å². The number of aromatic nitrogens is 2. The van der Waals surface area contributed by atoms with E-state index in [-0.39, 0.29) is 0 Å². The van der Waals surface area contributed by atoms with Crippen molar-refractivity contribution in [3.8, 4) is 0 Å². The van der Waals surface area contributed by atoms with E-state index in [4.69, 9.17) is 4.42 Å². The SMILES string of the molecule is CC(C)NCc1nnc(NCC2CCCCS2)o1. The molecule has 2 heterocycles. The largest absolute Gasteiger partial charge is 0.407 e. The van der Waals surface area contributed by atoms with E-state index in [9.17, 15) is 0 Å². The number of thioether (sulfide) groups is 1. The highest BCUT2D eigenvalue weighted by Crippen LogP contribution is 2.25. The predicted molar refractivity (Wildman–Crippen MR) is 74.9 cm³/mol. The maximum absolute atomic E-state index is 5.52. The Bertz CT molecular complexity index is 350. The number of anilines is 1. The van der Waals surface area contributed by atoms with Gasteiger partial charge in [-0.1, -0.05) is 25.4 Å². The zero-order valence-electron chi connectivity index (χ0n) is 11.1. The molecule has 18 heavy (non-hydrogen) atoms. The average Bonchev–Trinajstić information content (AvgIpc) is 2.83. The van der Waals surface area contributed by atoms with E-state index in [1.54, 1.807) is 0 Å². The summed E-state index contributed by atoms with van der Waals surface area (Å²) in [4.78, 5) is 0. The summed E-state index contributed by atoms with van der Waals surface area (Å²) in [5.74, 6) is 1.92. The van der Waals surface area contributed by atoms with Crippen molar-refractivity contribution in [2.75, 3.05) is 17.6 Å². The molecular formula is C12H22N4OS. The van der Waals surface area contributed by atoms with E-state index in [0.29, 0.717) is 29.7 Å². The number of hydrogen-bond acceptors (Lipinski definition) is 6. The molecule has 0 radical (unpaired) electrons. The third kappa shape index (κ3) is 4.49. The van der Waals surface area contributed by atoms with E-state index < -0.39 is 0 Å². The summed E-state index contributed by atoms with van der Waals surface area (Å²) < 4.78 is 5.52. The van der Waals surface area contributed by atoms with Gasteiger partial charge >= 0.3 is 6.01 Å². The number of nitrogens with zero attached hydrogens (tertiary/aromatic N) is 2. The maximum atomic E-state index is 5.52. The summed E-state index contributed by atoms with van der Waals surface area (Å²) in [6, 6.07) is 0.966. The van der Waals surface area contributed by atoms with Crippen LogP contribution in [0, 0.1) is 0 Å². The lowest BCUT2D eigenvalue weighted by Gasteiger charge is -2.20. The van der Waals surface area contributed by atoms with Crippen molar-refractivity contribution in [2.45, 2.75) is 50.9 Å². The highest BCUT2D eigenvalue weighted by molar-refractivity contribution is 7.99. The highest BCUT2D eigenvalue weighted by atomic mass is 32.2. The molecule has 0 amide bonds. The van der Waals surface area contributed by atoms with Crippen molar-refractivity contribution in [3.05, 3.63) is 5.89 Å². The molecule has 1 fully saturated rings. The van der Waals surface area contributed by atoms with Crippen LogP contribution in [-0.4, -0.2) is 33.8 Å². The predicted octanol–water partition coefficient (Wildman–Crippen LogP) is 2.27. The second kappa shape index (κ2) is 6.99. The molecule has 1 aliphatic rings. The minimum absolute atomic E-state index is 0.423. The number of rotatable bonds is 6. The van der Waals surface area contributed by atoms with Crippen LogP contribution in [0.3, 0.4) is 0 Å². The molecule has 1 aliphatic heterocycles. The number of nitrogens with one attached hydrogen (secondary N) is 2. The molecule has 2 rings (SSSR count). The first-order valence-corrected chi connectivity index (χ1v) is 7.70. The van der Waals surface area contributed by atoms with Crippen molar-refractivity contribution >= 4 is 17.8 Å². The molecule has 1 saturated heterocycles. The first kappa shape index (κ1) is 13.7. The monoisotopic (exact) mass is 270 g/mol. The van der Waals surface area contributed by atoms with E-state index in [2.05, 4.69) is 34.7 Å². The molecule has 1 atom stereocenters. The van der Waals surface area contributed by atoms with Gasteiger partial charge in [0, 0.05) is 17.8 Å². The summed E-state index contributed by atoms with van der Waals surface area (Å²) in [6.45, 7) is 5.74. The van der Waals surface area contributed by atoms with Gasteiger partial charge in [0.1, 0.15) is 0 Å². The Hall–Kier alpha value is -0.750. The molecular weight excluding hydrogens is 248 g/mol. The summed E-state index contributed by atoms with van der Waals surface area (Å²) >= 11 is 2.04. The molecule has 2 N–H and O–H groups in total. The molecule has 102 valence electrons. The van der Waals surface area contributed by atoms with E-state index in [1.807, 2.05) is 11.8 Å². The molecule has 0 spiro atoms. The third-order valence-corrected chi connectivity index (χ3v) is 4.28. The topological polar surface area (TPSA) is 63.0 Å². The summed E-state index contributed by atoms with van der Waals surface area (Å²) in [5, 5.41) is 15.2. The molecule has 5 nitrogen and oxygen atoms in total. The molecule has 1 aromatic heterocycles. The fourth-order valence-electron chi connectivity index (χ4n) is 1.86. The quantitative estimate of drug-likeness (QED) is 0.827. The van der Waals surface area contributed by atoms with Crippen LogP contribution in [0.5, 0.6) is 0 Å². The van der Waals surface area contributed by atoms with E-state index in [1.165, 1.54) is 25.0 Å². The second-order valence-electron chi connectivity index (χ2n) is 4.91. The van der Waals surface area contributed by atoms with Gasteiger partial charge in [0.15, 0.2) is 0 Å². The van der Waals surface area contributed by atoms with Crippen LogP contribution in [0.2, 0.25) is 0 Å². The molecule has 1 aromatic rings. The molecule has 0 aromatic carbocycles. The van der Waals surface area contributed by atoms with Crippen LogP contribution in [0.15, 0.2) is 4.42 Å². The number of hydrogen-bond donors (Lipinski definition) is 2. The normalized spacial score (nSPS) is 20.3. The van der Waals surface area contributed by atoms with Crippen molar-refractivity contribution in [2.24, 2.45) is 0 Å². The summed E-state index contributed by atoms with van der Waals surface area (Å²) in [7, 11) is 0. The first-order valence-electron chi connectivity index (χ1n) is 6.65. The standard InChI is InChI=1S/C12H22N4OS/c1-9(2)13-8-11-15-16-12(17-11)14-7-10-5-3-4-6-18-10/h9-10,13H,3-8H2,1-2H3,(H,14,16). The lowest BCUT2D eigenvalue weighted by atomic mass is 10.2. The highest BCUT2D eigenvalue weighted by Gasteiger charge is 2.14. The van der Waals surface area contributed by atoms with E-state index in [0.717, 1.165) is 6.54 Å². The fraction of sp³-hybridized carbons (Fsp3) is 0.833. The lowest BCUT2D eigenvalue weighted by molar-refractivity contribution is 0.458. The Morgan fingerprint density at radius 2 is 2.28 bits per heavy atom. The molecule has 6 heteroatoms. The Kier molecular flexibility index (Phi) is 5.31. The summed E-state index contributed by atoms with van der Waals surface area (Å²) in [6.07, 6.45) is 3.98. The zero-order valence-corrected chi connectivity index (χ0v) is 11.9. The maximum Gasteiger partial charge on any atom is 0.315 e. The zero-order chi connectivity index (χ0) is 12.8. The van der Waals surface area contributed by atoms with Gasteiger partial charge in [0.2, 0.25) is 5.89 Å². The lowest BCUT2D eigenvalue weighted by Crippen LogP contribution is -2.22. The molecule has 1 unspecified atom stereocenters. The van der Waals surface area contributed by atoms with Gasteiger partial charge in [0.05, 0.1) is 6.54 Å². The van der Waals surface area contributed by atoms with Gasteiger partial charge in [-0.3, -0.25) is 0 Å². The molecule has 0 saturated carbocycles. The second-order valence-corrected chi connectivity index (χ2v) is 6.31. The Balaban J connectivity index is 1.72. The van der Waals surface area contributed by atoms with Crippen LogP contribution < -0.4 is 10.6 Å². The van der Waals surface area contributed by atoms with Crippen molar-refractivity contribution in [1.29, 1.82) is 0 Å². The van der Waals surface area contributed by atoms with E-state index >= 15 is 0 Å². The van der Waals surface area contributed by atoms with Crippen LogP contribution in [0.25, 0.3) is 0 Å². The van der Waals surface area contributed by atoms with Gasteiger partial charge in [-0.2, -0.15) is 11.8 Å². The van der Waals surface area contributed by atoms with Crippen molar-refractivity contribution in [3.63, 3.8) is 0 Å². The smallest absolute Gasteiger partial charge is 0.315 e. The van der Waals surface area contributed by atoms with Gasteiger partial charge in [-0.05, 0) is 18.6 Å². The van der Waals surface area contributed by atoms with Crippen LogP contribution in [0.1, 0.15) is 39.0 Å². The average molecular weight is 270 g/mol. The summed E-state index contributed by atoms with van der Waals surface area (Å²) in [5.41, 5.74) is 0. The molecule has 0 bridgehead atoms. The van der Waals surface area contributed by atoms with Gasteiger partial charge < -0.3 is 15.1 Å². The molecule has 0 aliphatic carbocycles. The Morgan fingerprint density at radius 3 is 3.00 bits per heavy atom. The Labute approximate surface area is 112 Å². The van der Waals surface area contributed by atoms with Gasteiger partial charge in [-0.15, -0.1) is 5.10 Å². The van der Waals surface area contributed by atoms with Crippen molar-refractivity contribution in [1.82, 2.24) is 15.5 Å². The van der Waals surface area contributed by atoms with Crippen LogP contribution in [0.4, 0.5) is 6.01 Å². The Morgan fingerprint density at radius 1 is 1.39 bits per heavy atom. The van der Waals surface area contributed by atoms with Crippen LogP contribution >= 0.6 is 11.8 Å². The van der Waals surface area contributed by atoms with Crippen molar-refractivity contribution < 1.29 is 4.42 Å².